The number of hydrogen-bond acceptors (Lipinski definition) is 3. The zero-order valence-corrected chi connectivity index (χ0v) is 14.0. The van der Waals surface area contributed by atoms with Crippen LogP contribution in [-0.4, -0.2) is 18.3 Å². The van der Waals surface area contributed by atoms with Crippen LogP contribution >= 0.6 is 0 Å². The molecular formula is C21H19NO3. The summed E-state index contributed by atoms with van der Waals surface area (Å²) < 4.78 is 5.50. The molecule has 0 saturated carbocycles. The van der Waals surface area contributed by atoms with Gasteiger partial charge >= 0.3 is 0 Å². The summed E-state index contributed by atoms with van der Waals surface area (Å²) >= 11 is 0. The van der Waals surface area contributed by atoms with Crippen molar-refractivity contribution in [3.05, 3.63) is 72.3 Å². The van der Waals surface area contributed by atoms with Gasteiger partial charge in [0, 0.05) is 23.1 Å². The first kappa shape index (κ1) is 16.7. The van der Waals surface area contributed by atoms with Gasteiger partial charge in [0.2, 0.25) is 0 Å². The maximum Gasteiger partial charge on any atom is 0.262 e. The van der Waals surface area contributed by atoms with Crippen LogP contribution in [-0.2, 0) is 4.79 Å². The smallest absolute Gasteiger partial charge is 0.262 e. The molecule has 3 aromatic rings. The van der Waals surface area contributed by atoms with Crippen LogP contribution in [0.2, 0.25) is 0 Å². The molecule has 25 heavy (non-hydrogen) atoms. The van der Waals surface area contributed by atoms with Gasteiger partial charge in [-0.1, -0.05) is 43.3 Å². The van der Waals surface area contributed by atoms with E-state index >= 15 is 0 Å². The number of carbonyl (C=O) groups excluding carboxylic acids is 2. The van der Waals surface area contributed by atoms with E-state index in [0.29, 0.717) is 17.7 Å². The molecule has 4 heteroatoms. The van der Waals surface area contributed by atoms with Crippen LogP contribution in [0.25, 0.3) is 10.8 Å². The van der Waals surface area contributed by atoms with Gasteiger partial charge in [-0.15, -0.1) is 0 Å². The first-order valence-corrected chi connectivity index (χ1v) is 8.21. The van der Waals surface area contributed by atoms with E-state index < -0.39 is 0 Å². The lowest BCUT2D eigenvalue weighted by molar-refractivity contribution is -0.118. The van der Waals surface area contributed by atoms with Crippen molar-refractivity contribution < 1.29 is 14.3 Å². The fourth-order valence-corrected chi connectivity index (χ4v) is 2.61. The zero-order chi connectivity index (χ0) is 17.6. The van der Waals surface area contributed by atoms with Crippen molar-refractivity contribution in [2.45, 2.75) is 13.3 Å². The molecule has 0 bridgehead atoms. The predicted octanol–water partition coefficient (Wildman–Crippen LogP) is 4.45. The summed E-state index contributed by atoms with van der Waals surface area (Å²) in [5, 5.41) is 4.93. The summed E-state index contributed by atoms with van der Waals surface area (Å²) in [6.45, 7) is 1.73. The highest BCUT2D eigenvalue weighted by atomic mass is 16.5. The van der Waals surface area contributed by atoms with Gasteiger partial charge in [0.1, 0.15) is 5.75 Å². The van der Waals surface area contributed by atoms with E-state index in [2.05, 4.69) is 5.32 Å². The molecule has 0 spiro atoms. The molecule has 0 aliphatic rings. The van der Waals surface area contributed by atoms with Crippen LogP contribution in [0.3, 0.4) is 0 Å². The maximum atomic E-state index is 12.2. The van der Waals surface area contributed by atoms with Gasteiger partial charge in [-0.3, -0.25) is 9.59 Å². The van der Waals surface area contributed by atoms with Gasteiger partial charge in [-0.25, -0.2) is 0 Å². The fourth-order valence-electron chi connectivity index (χ4n) is 2.61. The second-order valence-electron chi connectivity index (χ2n) is 5.66. The summed E-state index contributed by atoms with van der Waals surface area (Å²) in [6, 6.07) is 20.5. The van der Waals surface area contributed by atoms with Gasteiger partial charge in [0.15, 0.2) is 12.4 Å². The Bertz CT molecular complexity index is 895. The molecule has 1 N–H and O–H groups in total. The highest BCUT2D eigenvalue weighted by Gasteiger charge is 2.07. The minimum atomic E-state index is -0.231. The minimum Gasteiger partial charge on any atom is -0.484 e. The van der Waals surface area contributed by atoms with Crippen molar-refractivity contribution in [1.82, 2.24) is 0 Å². The third-order valence-corrected chi connectivity index (χ3v) is 3.93. The van der Waals surface area contributed by atoms with Gasteiger partial charge < -0.3 is 10.1 Å². The van der Waals surface area contributed by atoms with Crippen molar-refractivity contribution in [2.24, 2.45) is 0 Å². The van der Waals surface area contributed by atoms with Crippen molar-refractivity contribution in [3.63, 3.8) is 0 Å². The van der Waals surface area contributed by atoms with Crippen LogP contribution < -0.4 is 10.1 Å². The van der Waals surface area contributed by atoms with E-state index in [1.54, 1.807) is 24.3 Å². The number of ether oxygens (including phenoxy) is 1. The Kier molecular flexibility index (Phi) is 5.09. The van der Waals surface area contributed by atoms with Crippen molar-refractivity contribution in [1.29, 1.82) is 0 Å². The molecule has 4 nitrogen and oxygen atoms in total. The number of amides is 1. The second kappa shape index (κ2) is 7.62. The number of Topliss-reactive ketones (excluding diaryl/α,β-unsaturated/α-hetero) is 1. The quantitative estimate of drug-likeness (QED) is 0.678. The summed E-state index contributed by atoms with van der Waals surface area (Å²) in [6.07, 6.45) is 0.466. The van der Waals surface area contributed by atoms with E-state index in [9.17, 15) is 9.59 Å². The van der Waals surface area contributed by atoms with E-state index in [-0.39, 0.29) is 18.3 Å². The first-order chi connectivity index (χ1) is 12.2. The molecule has 1 amide bonds. The van der Waals surface area contributed by atoms with Crippen LogP contribution in [0.15, 0.2) is 66.7 Å². The third-order valence-electron chi connectivity index (χ3n) is 3.93. The topological polar surface area (TPSA) is 55.4 Å². The molecule has 3 aromatic carbocycles. The van der Waals surface area contributed by atoms with Gasteiger partial charge in [0.25, 0.3) is 5.91 Å². The Morgan fingerprint density at radius 3 is 2.40 bits per heavy atom. The monoisotopic (exact) mass is 333 g/mol. The molecule has 0 unspecified atom stereocenters. The lowest BCUT2D eigenvalue weighted by Crippen LogP contribution is -2.20. The number of nitrogens with one attached hydrogen (secondary N) is 1. The largest absolute Gasteiger partial charge is 0.484 e. The normalized spacial score (nSPS) is 10.4. The number of carbonyl (C=O) groups is 2. The molecule has 0 aromatic heterocycles. The van der Waals surface area contributed by atoms with Crippen LogP contribution in [0.1, 0.15) is 23.7 Å². The Morgan fingerprint density at radius 2 is 1.64 bits per heavy atom. The summed E-state index contributed by atoms with van der Waals surface area (Å²) in [5.74, 6) is 0.408. The molecule has 0 saturated heterocycles. The highest BCUT2D eigenvalue weighted by molar-refractivity contribution is 6.02. The van der Waals surface area contributed by atoms with Gasteiger partial charge in [-0.2, -0.15) is 0 Å². The Hall–Kier alpha value is -3.14. The molecule has 0 aliphatic heterocycles. The molecular weight excluding hydrogens is 314 g/mol. The van der Waals surface area contributed by atoms with Crippen LogP contribution in [0.5, 0.6) is 5.75 Å². The molecule has 0 fully saturated rings. The molecule has 0 aliphatic carbocycles. The lowest BCUT2D eigenvalue weighted by Gasteiger charge is -2.10. The Labute approximate surface area is 146 Å². The summed E-state index contributed by atoms with van der Waals surface area (Å²) in [5.41, 5.74) is 1.41. The first-order valence-electron chi connectivity index (χ1n) is 8.21. The highest BCUT2D eigenvalue weighted by Crippen LogP contribution is 2.23. The van der Waals surface area contributed by atoms with Crippen molar-refractivity contribution in [2.75, 3.05) is 11.9 Å². The Morgan fingerprint density at radius 1 is 0.920 bits per heavy atom. The van der Waals surface area contributed by atoms with E-state index in [1.807, 2.05) is 49.4 Å². The molecule has 0 radical (unpaired) electrons. The number of hydrogen-bond donors (Lipinski definition) is 1. The van der Waals surface area contributed by atoms with Crippen LogP contribution in [0, 0.1) is 0 Å². The second-order valence-corrected chi connectivity index (χ2v) is 5.66. The molecule has 126 valence electrons. The SMILES string of the molecule is CCC(=O)c1ccc(OCC(=O)Nc2cccc3ccccc23)cc1. The average Bonchev–Trinajstić information content (AvgIpc) is 2.66. The Balaban J connectivity index is 1.62. The number of rotatable bonds is 6. The zero-order valence-electron chi connectivity index (χ0n) is 14.0. The molecule has 3 rings (SSSR count). The molecule has 0 atom stereocenters. The average molecular weight is 333 g/mol. The molecule has 0 heterocycles. The minimum absolute atomic E-state index is 0.0836. The number of benzene rings is 3. The van der Waals surface area contributed by atoms with Crippen molar-refractivity contribution in [3.8, 4) is 5.75 Å². The summed E-state index contributed by atoms with van der Waals surface area (Å²) in [7, 11) is 0. The summed E-state index contributed by atoms with van der Waals surface area (Å²) in [4.78, 5) is 23.8. The predicted molar refractivity (Wildman–Crippen MR) is 99.1 cm³/mol. The van der Waals surface area contributed by atoms with E-state index in [0.717, 1.165) is 16.5 Å². The number of ketones is 1. The number of anilines is 1. The third kappa shape index (κ3) is 4.04. The fraction of sp³-hybridized carbons (Fsp3) is 0.143. The van der Waals surface area contributed by atoms with Crippen LogP contribution in [0.4, 0.5) is 5.69 Å². The lowest BCUT2D eigenvalue weighted by atomic mass is 10.1. The maximum absolute atomic E-state index is 12.2. The van der Waals surface area contributed by atoms with Gasteiger partial charge in [-0.05, 0) is 35.7 Å². The van der Waals surface area contributed by atoms with Gasteiger partial charge in [0.05, 0.1) is 0 Å². The standard InChI is InChI=1S/C21H19NO3/c1-2-20(23)16-10-12-17(13-11-16)25-14-21(24)22-19-9-5-7-15-6-3-4-8-18(15)19/h3-13H,2,14H2,1H3,(H,22,24). The van der Waals surface area contributed by atoms with E-state index in [1.165, 1.54) is 0 Å². The number of fused-ring (bicyclic) bond motifs is 1. The van der Waals surface area contributed by atoms with Crippen molar-refractivity contribution >= 4 is 28.2 Å². The van der Waals surface area contributed by atoms with E-state index in [4.69, 9.17) is 4.74 Å².